The Kier molecular flexibility index (Phi) is 4.15. The van der Waals surface area contributed by atoms with Gasteiger partial charge in [0.15, 0.2) is 0 Å². The van der Waals surface area contributed by atoms with Crippen LogP contribution in [0, 0.1) is 6.92 Å². The topological polar surface area (TPSA) is 44.4 Å². The number of hydrogen-bond acceptors (Lipinski definition) is 3. The first-order chi connectivity index (χ1) is 11.1. The van der Waals surface area contributed by atoms with Crippen LogP contribution in [-0.4, -0.2) is 41.0 Å². The zero-order chi connectivity index (χ0) is 17.7. The molecule has 0 bridgehead atoms. The van der Waals surface area contributed by atoms with Crippen LogP contribution in [0.3, 0.4) is 0 Å². The fraction of sp³-hybridized carbons (Fsp3) is 0.650. The summed E-state index contributed by atoms with van der Waals surface area (Å²) in [4.78, 5) is 15.2. The third-order valence-corrected chi connectivity index (χ3v) is 5.99. The first-order valence-electron chi connectivity index (χ1n) is 8.99. The number of benzene rings is 1. The molecule has 2 N–H and O–H groups in total. The Morgan fingerprint density at radius 2 is 1.83 bits per heavy atom. The molecule has 0 radical (unpaired) electrons. The van der Waals surface area contributed by atoms with Crippen molar-refractivity contribution in [1.82, 2.24) is 10.2 Å². The molecule has 4 heteroatoms. The van der Waals surface area contributed by atoms with Crippen molar-refractivity contribution < 1.29 is 4.79 Å². The number of rotatable bonds is 2. The highest BCUT2D eigenvalue weighted by molar-refractivity contribution is 5.87. The summed E-state index contributed by atoms with van der Waals surface area (Å²) in [6.45, 7) is 11.1. The molecule has 2 aliphatic rings. The molecule has 1 atom stereocenters. The molecule has 1 saturated heterocycles. The number of nitrogens with one attached hydrogen (secondary N) is 2. The minimum absolute atomic E-state index is 0.0862. The highest BCUT2D eigenvalue weighted by Crippen LogP contribution is 2.37. The first-order valence-corrected chi connectivity index (χ1v) is 8.99. The van der Waals surface area contributed by atoms with Gasteiger partial charge in [0.1, 0.15) is 6.04 Å². The second-order valence-electron chi connectivity index (χ2n) is 8.86. The summed E-state index contributed by atoms with van der Waals surface area (Å²) in [7, 11) is 2.19. The molecule has 24 heavy (non-hydrogen) atoms. The summed E-state index contributed by atoms with van der Waals surface area (Å²) in [6.07, 6.45) is 2.75. The lowest BCUT2D eigenvalue weighted by molar-refractivity contribution is -0.123. The summed E-state index contributed by atoms with van der Waals surface area (Å²) < 4.78 is 0. The van der Waals surface area contributed by atoms with E-state index in [1.807, 2.05) is 0 Å². The minimum atomic E-state index is -0.146. The van der Waals surface area contributed by atoms with Crippen molar-refractivity contribution in [2.75, 3.05) is 12.4 Å². The first kappa shape index (κ1) is 17.3. The van der Waals surface area contributed by atoms with E-state index < -0.39 is 0 Å². The fourth-order valence-corrected chi connectivity index (χ4v) is 4.42. The Bertz CT molecular complexity index is 632. The van der Waals surface area contributed by atoms with Crippen LogP contribution in [0.5, 0.6) is 0 Å². The molecule has 3 rings (SSSR count). The van der Waals surface area contributed by atoms with E-state index in [0.29, 0.717) is 0 Å². The van der Waals surface area contributed by atoms with Gasteiger partial charge in [0.05, 0.1) is 0 Å². The number of amides is 1. The van der Waals surface area contributed by atoms with E-state index in [4.69, 9.17) is 0 Å². The maximum atomic E-state index is 12.8. The van der Waals surface area contributed by atoms with E-state index in [-0.39, 0.29) is 29.1 Å². The molecule has 1 unspecified atom stereocenters. The third-order valence-electron chi connectivity index (χ3n) is 5.99. The van der Waals surface area contributed by atoms with Crippen LogP contribution < -0.4 is 10.6 Å². The molecule has 0 saturated carbocycles. The Hall–Kier alpha value is -1.55. The quantitative estimate of drug-likeness (QED) is 0.876. The Morgan fingerprint density at radius 3 is 2.46 bits per heavy atom. The number of nitrogens with zero attached hydrogens (tertiary/aromatic N) is 1. The van der Waals surface area contributed by atoms with Crippen LogP contribution in [0.15, 0.2) is 18.2 Å². The number of fused-ring (bicyclic) bond motifs is 1. The molecule has 0 aliphatic carbocycles. The molecule has 4 nitrogen and oxygen atoms in total. The van der Waals surface area contributed by atoms with Gasteiger partial charge in [0.2, 0.25) is 5.91 Å². The van der Waals surface area contributed by atoms with Crippen molar-refractivity contribution in [1.29, 1.82) is 0 Å². The number of hydrogen-bond donors (Lipinski definition) is 2. The SMILES string of the molecule is Cc1ccc2c(c1)CC(C(=O)NC1CC(C)(C)N(C)C(C)(C)C1)N2. The van der Waals surface area contributed by atoms with Gasteiger partial charge in [-0.15, -0.1) is 0 Å². The van der Waals surface area contributed by atoms with Crippen molar-refractivity contribution in [2.24, 2.45) is 0 Å². The summed E-state index contributed by atoms with van der Waals surface area (Å²) in [5, 5.41) is 6.69. The molecule has 1 amide bonds. The van der Waals surface area contributed by atoms with Crippen LogP contribution in [0.1, 0.15) is 51.7 Å². The molecule has 1 aromatic carbocycles. The largest absolute Gasteiger partial charge is 0.373 e. The van der Waals surface area contributed by atoms with Crippen molar-refractivity contribution in [3.05, 3.63) is 29.3 Å². The highest BCUT2D eigenvalue weighted by atomic mass is 16.2. The Balaban J connectivity index is 1.66. The van der Waals surface area contributed by atoms with Crippen LogP contribution in [-0.2, 0) is 11.2 Å². The van der Waals surface area contributed by atoms with Crippen LogP contribution in [0.2, 0.25) is 0 Å². The normalized spacial score (nSPS) is 25.8. The van der Waals surface area contributed by atoms with E-state index in [1.165, 1.54) is 11.1 Å². The lowest BCUT2D eigenvalue weighted by atomic mass is 9.77. The second-order valence-corrected chi connectivity index (χ2v) is 8.86. The molecule has 0 spiro atoms. The molecule has 2 aliphatic heterocycles. The van der Waals surface area contributed by atoms with Crippen LogP contribution in [0.25, 0.3) is 0 Å². The smallest absolute Gasteiger partial charge is 0.243 e. The summed E-state index contributed by atoms with van der Waals surface area (Å²) >= 11 is 0. The average molecular weight is 329 g/mol. The van der Waals surface area contributed by atoms with E-state index in [0.717, 1.165) is 24.9 Å². The number of anilines is 1. The van der Waals surface area contributed by atoms with E-state index in [9.17, 15) is 4.79 Å². The lowest BCUT2D eigenvalue weighted by Crippen LogP contribution is -2.63. The number of piperidine rings is 1. The van der Waals surface area contributed by atoms with Gasteiger partial charge in [-0.1, -0.05) is 17.7 Å². The van der Waals surface area contributed by atoms with Crippen molar-refractivity contribution in [3.8, 4) is 0 Å². The molecular formula is C20H31N3O. The summed E-state index contributed by atoms with van der Waals surface area (Å²) in [6, 6.07) is 6.43. The van der Waals surface area contributed by atoms with Gasteiger partial charge in [0.25, 0.3) is 0 Å². The zero-order valence-electron chi connectivity index (χ0n) is 15.9. The second kappa shape index (κ2) is 5.76. The molecule has 132 valence electrons. The van der Waals surface area contributed by atoms with E-state index >= 15 is 0 Å². The van der Waals surface area contributed by atoms with Gasteiger partial charge < -0.3 is 10.6 Å². The van der Waals surface area contributed by atoms with Gasteiger partial charge in [-0.3, -0.25) is 9.69 Å². The van der Waals surface area contributed by atoms with Gasteiger partial charge in [-0.2, -0.15) is 0 Å². The molecular weight excluding hydrogens is 298 g/mol. The minimum Gasteiger partial charge on any atom is -0.373 e. The van der Waals surface area contributed by atoms with Crippen LogP contribution >= 0.6 is 0 Å². The number of carbonyl (C=O) groups is 1. The molecule has 1 fully saturated rings. The third kappa shape index (κ3) is 3.16. The summed E-state index contributed by atoms with van der Waals surface area (Å²) in [5.41, 5.74) is 3.77. The van der Waals surface area contributed by atoms with Crippen LogP contribution in [0.4, 0.5) is 5.69 Å². The standard InChI is InChI=1S/C20H31N3O/c1-13-7-8-16-14(9-13)10-17(22-16)18(24)21-15-11-19(2,3)23(6)20(4,5)12-15/h7-9,15,17,22H,10-12H2,1-6H3,(H,21,24). The van der Waals surface area contributed by atoms with Gasteiger partial charge in [-0.05, 0) is 66.1 Å². The number of carbonyl (C=O) groups excluding carboxylic acids is 1. The number of likely N-dealkylation sites (tertiary alicyclic amines) is 1. The van der Waals surface area contributed by atoms with E-state index in [2.05, 4.69) is 75.4 Å². The molecule has 1 aromatic rings. The zero-order valence-corrected chi connectivity index (χ0v) is 15.9. The average Bonchev–Trinajstić information content (AvgIpc) is 2.87. The highest BCUT2D eigenvalue weighted by Gasteiger charge is 2.43. The predicted octanol–water partition coefficient (Wildman–Crippen LogP) is 3.10. The Morgan fingerprint density at radius 1 is 1.21 bits per heavy atom. The van der Waals surface area contributed by atoms with Gasteiger partial charge in [-0.25, -0.2) is 0 Å². The van der Waals surface area contributed by atoms with Crippen molar-refractivity contribution >= 4 is 11.6 Å². The lowest BCUT2D eigenvalue weighted by Gasteiger charge is -2.53. The molecule has 2 heterocycles. The summed E-state index contributed by atoms with van der Waals surface area (Å²) in [5.74, 6) is 0.130. The van der Waals surface area contributed by atoms with Crippen molar-refractivity contribution in [2.45, 2.75) is 77.0 Å². The maximum Gasteiger partial charge on any atom is 0.243 e. The maximum absolute atomic E-state index is 12.8. The molecule has 0 aromatic heterocycles. The van der Waals surface area contributed by atoms with Gasteiger partial charge in [0, 0.05) is 29.2 Å². The predicted molar refractivity (Wildman–Crippen MR) is 99.4 cm³/mol. The Labute approximate surface area is 146 Å². The van der Waals surface area contributed by atoms with Crippen molar-refractivity contribution in [3.63, 3.8) is 0 Å². The van der Waals surface area contributed by atoms with E-state index in [1.54, 1.807) is 0 Å². The number of aryl methyl sites for hydroxylation is 1. The monoisotopic (exact) mass is 329 g/mol. The fourth-order valence-electron chi connectivity index (χ4n) is 4.42. The van der Waals surface area contributed by atoms with Gasteiger partial charge >= 0.3 is 0 Å².